The predicted molar refractivity (Wildman–Crippen MR) is 238 cm³/mol. The van der Waals surface area contributed by atoms with E-state index >= 15 is 0 Å². The molecule has 0 unspecified atom stereocenters. The van der Waals surface area contributed by atoms with Crippen molar-refractivity contribution in [2.75, 3.05) is 13.2 Å². The van der Waals surface area contributed by atoms with Gasteiger partial charge in [0, 0.05) is 36.0 Å². The van der Waals surface area contributed by atoms with Crippen LogP contribution in [-0.2, 0) is 35.1 Å². The Morgan fingerprint density at radius 3 is 2.05 bits per heavy atom. The van der Waals surface area contributed by atoms with Crippen molar-refractivity contribution in [2.45, 2.75) is 75.2 Å². The Labute approximate surface area is 364 Å². The molecular formula is C45H55N11O7. The lowest BCUT2D eigenvalue weighted by atomic mass is 9.98. The lowest BCUT2D eigenvalue weighted by molar-refractivity contribution is -0.143. The Bertz CT molecular complexity index is 2300. The molecule has 6 amide bonds. The van der Waals surface area contributed by atoms with Crippen molar-refractivity contribution in [3.63, 3.8) is 0 Å². The van der Waals surface area contributed by atoms with Crippen LogP contribution in [0.5, 0.6) is 0 Å². The van der Waals surface area contributed by atoms with E-state index in [0.29, 0.717) is 10.6 Å². The highest BCUT2D eigenvalue weighted by molar-refractivity contribution is 5.96. The minimum atomic E-state index is -1.31. The third-order valence-electron chi connectivity index (χ3n) is 10.7. The quantitative estimate of drug-likeness (QED) is 0.0104. The van der Waals surface area contributed by atoms with Gasteiger partial charge in [-0.05, 0) is 66.5 Å². The van der Waals surface area contributed by atoms with Gasteiger partial charge in [-0.15, -0.1) is 13.2 Å². The summed E-state index contributed by atoms with van der Waals surface area (Å²) in [6.45, 7) is 8.90. The average molecular weight is 862 g/mol. The van der Waals surface area contributed by atoms with Crippen LogP contribution in [-0.4, -0.2) is 94.9 Å². The van der Waals surface area contributed by atoms with Crippen molar-refractivity contribution in [2.24, 2.45) is 17.3 Å². The van der Waals surface area contributed by atoms with E-state index in [0.717, 1.165) is 33.2 Å². The first kappa shape index (κ1) is 46.6. The molecule has 0 radical (unpaired) electrons. The van der Waals surface area contributed by atoms with Gasteiger partial charge in [-0.2, -0.15) is 0 Å². The highest BCUT2D eigenvalue weighted by Crippen LogP contribution is 2.44. The number of carbonyl (C=O) groups excluding carboxylic acids is 6. The lowest BCUT2D eigenvalue weighted by Gasteiger charge is -2.30. The van der Waals surface area contributed by atoms with E-state index < -0.39 is 65.8 Å². The molecule has 18 heteroatoms. The predicted octanol–water partition coefficient (Wildman–Crippen LogP) is 2.06. The molecule has 0 bridgehead atoms. The van der Waals surface area contributed by atoms with Crippen molar-refractivity contribution in [3.05, 3.63) is 121 Å². The molecule has 13 N–H and O–H groups in total. The number of fused-ring (bicyclic) bond motifs is 4. The molecule has 0 saturated carbocycles. The number of nitrogens with one attached hydrogen (secondary N) is 7. The van der Waals surface area contributed by atoms with Crippen LogP contribution in [0.3, 0.4) is 0 Å². The Hall–Kier alpha value is -7.47. The van der Waals surface area contributed by atoms with Crippen molar-refractivity contribution in [1.29, 1.82) is 5.41 Å². The number of carbonyl (C=O) groups is 6. The van der Waals surface area contributed by atoms with Gasteiger partial charge in [-0.1, -0.05) is 78.9 Å². The molecule has 0 aliphatic heterocycles. The number of para-hydroxylation sites is 1. The largest absolute Gasteiger partial charge is 0.449 e. The summed E-state index contributed by atoms with van der Waals surface area (Å²) in [5.74, 6) is 1.63. The number of H-pyrrole nitrogens is 1. The molecule has 1 aliphatic carbocycles. The second kappa shape index (κ2) is 21.9. The summed E-state index contributed by atoms with van der Waals surface area (Å²) in [7, 11) is 0. The molecule has 1 heterocycles. The van der Waals surface area contributed by atoms with Crippen LogP contribution in [0, 0.1) is 5.41 Å². The molecular weight excluding hydrogens is 807 g/mol. The standard InChI is InChI=1S/C45H55N11O7/c1-4-13-35(55-45(62)63-25-33-31-18-8-6-16-29(31)30-17-7-9-19-32(30)33)41(59)52-26(3)40(58)54-37(23-27-24-51-34-20-11-10-15-28(27)34)42(60)53-36(21-12-22-50-44(47)48)43(61)56(49)38(14-5-2)39(46)57/h4-11,15-20,24,26,33,35-38,51H,1-2,12-14,21-23,25,49H2,3H3,(H2,46,57)(H,52,59)(H,53,60)(H,54,58)(H,55,62)(H4,47,48,50)/t26-,35-,36-,37-,38-/m0/s1. The number of alkyl carbamates (subject to hydrolysis) is 1. The minimum Gasteiger partial charge on any atom is -0.449 e. The van der Waals surface area contributed by atoms with Crippen LogP contribution < -0.4 is 43.9 Å². The van der Waals surface area contributed by atoms with E-state index in [1.807, 2.05) is 72.8 Å². The van der Waals surface area contributed by atoms with Gasteiger partial charge >= 0.3 is 6.09 Å². The molecule has 1 aromatic heterocycles. The van der Waals surface area contributed by atoms with E-state index in [2.05, 4.69) is 44.7 Å². The topological polar surface area (TPSA) is 293 Å². The maximum Gasteiger partial charge on any atom is 0.407 e. The average Bonchev–Trinajstić information content (AvgIpc) is 3.82. The molecule has 3 aromatic carbocycles. The zero-order valence-electron chi connectivity index (χ0n) is 35.0. The molecule has 0 fully saturated rings. The Morgan fingerprint density at radius 2 is 1.41 bits per heavy atom. The van der Waals surface area contributed by atoms with Gasteiger partial charge in [0.1, 0.15) is 36.8 Å². The smallest absolute Gasteiger partial charge is 0.407 e. The second-order valence-corrected chi connectivity index (χ2v) is 15.1. The zero-order valence-corrected chi connectivity index (χ0v) is 35.0. The van der Waals surface area contributed by atoms with Gasteiger partial charge in [0.25, 0.3) is 5.91 Å². The summed E-state index contributed by atoms with van der Waals surface area (Å²) in [5.41, 5.74) is 16.5. The van der Waals surface area contributed by atoms with Gasteiger partial charge in [0.05, 0.1) is 0 Å². The van der Waals surface area contributed by atoms with E-state index in [1.54, 1.807) is 6.20 Å². The van der Waals surface area contributed by atoms with Crippen molar-refractivity contribution < 1.29 is 33.5 Å². The van der Waals surface area contributed by atoms with Crippen molar-refractivity contribution >= 4 is 52.5 Å². The first-order chi connectivity index (χ1) is 30.2. The number of nitrogens with zero attached hydrogens (tertiary/aromatic N) is 1. The van der Waals surface area contributed by atoms with Crippen LogP contribution in [0.15, 0.2) is 104 Å². The Balaban J connectivity index is 1.28. The van der Waals surface area contributed by atoms with Gasteiger partial charge in [0.2, 0.25) is 23.6 Å². The molecule has 18 nitrogen and oxygen atoms in total. The highest BCUT2D eigenvalue weighted by Gasteiger charge is 2.35. The summed E-state index contributed by atoms with van der Waals surface area (Å²) in [6.07, 6.45) is 3.79. The SMILES string of the molecule is C=CC[C@H](NC(=O)OCC1c2ccccc2-c2ccccc21)C(=O)N[C@@H](C)C(=O)N[C@@H](Cc1c[nH]c2ccccc12)C(=O)N[C@@H](CCCNC(=N)N)C(=O)N(N)[C@@H](CC=C)C(N)=O. The van der Waals surface area contributed by atoms with Gasteiger partial charge in [-0.3, -0.25) is 34.4 Å². The van der Waals surface area contributed by atoms with Gasteiger partial charge in [-0.25, -0.2) is 10.6 Å². The fourth-order valence-corrected chi connectivity index (χ4v) is 7.50. The van der Waals surface area contributed by atoms with Gasteiger partial charge in [0.15, 0.2) is 5.96 Å². The second-order valence-electron chi connectivity index (χ2n) is 15.1. The summed E-state index contributed by atoms with van der Waals surface area (Å²) in [4.78, 5) is 83.9. The zero-order chi connectivity index (χ0) is 45.6. The molecule has 332 valence electrons. The molecule has 0 saturated heterocycles. The summed E-state index contributed by atoms with van der Waals surface area (Å²) >= 11 is 0. The van der Waals surface area contributed by atoms with Crippen LogP contribution in [0.2, 0.25) is 0 Å². The number of hydrogen-bond donors (Lipinski definition) is 10. The van der Waals surface area contributed by atoms with E-state index in [1.165, 1.54) is 19.1 Å². The van der Waals surface area contributed by atoms with Crippen LogP contribution >= 0.6 is 0 Å². The maximum absolute atomic E-state index is 14.2. The maximum atomic E-state index is 14.2. The molecule has 0 spiro atoms. The first-order valence-corrected chi connectivity index (χ1v) is 20.5. The number of benzene rings is 3. The van der Waals surface area contributed by atoms with Crippen LogP contribution in [0.4, 0.5) is 4.79 Å². The van der Waals surface area contributed by atoms with Crippen molar-refractivity contribution in [1.82, 2.24) is 36.6 Å². The number of primary amides is 1. The third-order valence-corrected chi connectivity index (χ3v) is 10.7. The van der Waals surface area contributed by atoms with Gasteiger partial charge < -0.3 is 47.8 Å². The fraction of sp³-hybridized carbons (Fsp3) is 0.311. The Morgan fingerprint density at radius 1 is 0.810 bits per heavy atom. The third kappa shape index (κ3) is 11.9. The molecule has 5 atom stereocenters. The first-order valence-electron chi connectivity index (χ1n) is 20.5. The lowest BCUT2D eigenvalue weighted by Crippen LogP contribution is -2.61. The minimum absolute atomic E-state index is 0.00882. The number of hydrogen-bond acceptors (Lipinski definition) is 9. The van der Waals surface area contributed by atoms with Crippen LogP contribution in [0.1, 0.15) is 55.2 Å². The number of aromatic nitrogens is 1. The summed E-state index contributed by atoms with van der Waals surface area (Å²) in [5, 5.41) is 22.1. The number of hydrazine groups is 1. The number of amides is 6. The number of rotatable bonds is 22. The van der Waals surface area contributed by atoms with Crippen molar-refractivity contribution in [3.8, 4) is 11.1 Å². The summed E-state index contributed by atoms with van der Waals surface area (Å²) < 4.78 is 5.65. The monoisotopic (exact) mass is 861 g/mol. The van der Waals surface area contributed by atoms with E-state index in [-0.39, 0.29) is 57.1 Å². The number of aromatic amines is 1. The van der Waals surface area contributed by atoms with E-state index in [9.17, 15) is 28.8 Å². The Kier molecular flexibility index (Phi) is 16.2. The van der Waals surface area contributed by atoms with E-state index in [4.69, 9.17) is 27.5 Å². The fourth-order valence-electron chi connectivity index (χ4n) is 7.50. The number of guanidine groups is 1. The van der Waals surface area contributed by atoms with Crippen LogP contribution in [0.25, 0.3) is 22.0 Å². The molecule has 5 rings (SSSR count). The highest BCUT2D eigenvalue weighted by atomic mass is 16.5. The molecule has 4 aromatic rings. The molecule has 1 aliphatic rings. The summed E-state index contributed by atoms with van der Waals surface area (Å²) in [6, 6.07) is 16.8. The number of nitrogens with two attached hydrogens (primary N) is 3. The molecule has 63 heavy (non-hydrogen) atoms. The normalized spacial score (nSPS) is 14.0. The number of ether oxygens (including phenoxy) is 1.